The molecule has 0 atom stereocenters. The summed E-state index contributed by atoms with van der Waals surface area (Å²) in [4.78, 5) is 14.3. The first-order valence-electron chi connectivity index (χ1n) is 8.00. The van der Waals surface area contributed by atoms with E-state index in [2.05, 4.69) is 10.4 Å². The molecule has 1 aliphatic rings. The highest BCUT2D eigenvalue weighted by Crippen LogP contribution is 2.23. The smallest absolute Gasteiger partial charge is 0.278 e. The first kappa shape index (κ1) is 16.4. The van der Waals surface area contributed by atoms with E-state index in [-0.39, 0.29) is 29.2 Å². The van der Waals surface area contributed by atoms with Crippen LogP contribution in [0.5, 0.6) is 5.75 Å². The summed E-state index contributed by atoms with van der Waals surface area (Å²) in [6.07, 6.45) is 3.13. The van der Waals surface area contributed by atoms with E-state index in [1.807, 2.05) is 0 Å². The number of carbonyl (C=O) groups excluding carboxylic acids is 1. The minimum atomic E-state index is -0.338. The summed E-state index contributed by atoms with van der Waals surface area (Å²) in [6.45, 7) is 3.49. The fourth-order valence-corrected chi connectivity index (χ4v) is 3.04. The number of rotatable bonds is 3. The Kier molecular flexibility index (Phi) is 4.53. The van der Waals surface area contributed by atoms with Crippen molar-refractivity contribution >= 4 is 5.91 Å². The van der Waals surface area contributed by atoms with E-state index in [1.165, 1.54) is 23.0 Å². The van der Waals surface area contributed by atoms with Crippen molar-refractivity contribution in [2.75, 3.05) is 20.1 Å². The van der Waals surface area contributed by atoms with Crippen LogP contribution < -0.4 is 5.32 Å². The molecule has 1 saturated heterocycles. The summed E-state index contributed by atoms with van der Waals surface area (Å²) in [7, 11) is 1.74. The molecule has 2 aromatic rings. The highest BCUT2D eigenvalue weighted by Gasteiger charge is 2.27. The monoisotopic (exact) mass is 332 g/mol. The van der Waals surface area contributed by atoms with Crippen molar-refractivity contribution in [3.8, 4) is 11.4 Å². The van der Waals surface area contributed by atoms with Crippen LogP contribution >= 0.6 is 0 Å². The van der Waals surface area contributed by atoms with Crippen molar-refractivity contribution in [2.45, 2.75) is 25.8 Å². The zero-order valence-corrected chi connectivity index (χ0v) is 13.8. The Morgan fingerprint density at radius 2 is 2.12 bits per heavy atom. The Morgan fingerprint density at radius 3 is 2.79 bits per heavy atom. The third-order valence-corrected chi connectivity index (χ3v) is 4.48. The molecule has 1 aromatic carbocycles. The molecule has 24 heavy (non-hydrogen) atoms. The van der Waals surface area contributed by atoms with Gasteiger partial charge in [-0.1, -0.05) is 0 Å². The first-order chi connectivity index (χ1) is 11.5. The zero-order chi connectivity index (χ0) is 17.3. The molecule has 2 N–H and O–H groups in total. The van der Waals surface area contributed by atoms with Gasteiger partial charge in [-0.3, -0.25) is 4.79 Å². The first-order valence-corrected chi connectivity index (χ1v) is 8.00. The van der Waals surface area contributed by atoms with Gasteiger partial charge in [0.1, 0.15) is 5.82 Å². The number of halogens is 1. The Labute approximate surface area is 139 Å². The fourth-order valence-electron chi connectivity index (χ4n) is 3.04. The molecule has 1 aromatic heterocycles. The van der Waals surface area contributed by atoms with Gasteiger partial charge in [0.05, 0.1) is 11.9 Å². The number of aromatic nitrogens is 2. The lowest BCUT2D eigenvalue weighted by molar-refractivity contribution is 0.0694. The van der Waals surface area contributed by atoms with Crippen molar-refractivity contribution in [3.05, 3.63) is 41.5 Å². The number of nitrogens with one attached hydrogen (secondary N) is 1. The SMILES string of the molecule is Cc1cc(F)ccc1-n1cc(O)c(C(=O)N(C)C2CCNCC2)n1. The van der Waals surface area contributed by atoms with Gasteiger partial charge >= 0.3 is 0 Å². The summed E-state index contributed by atoms with van der Waals surface area (Å²) in [5, 5.41) is 17.6. The van der Waals surface area contributed by atoms with Gasteiger partial charge in [-0.15, -0.1) is 0 Å². The van der Waals surface area contributed by atoms with Crippen LogP contribution in [-0.2, 0) is 0 Å². The minimum Gasteiger partial charge on any atom is -0.504 e. The summed E-state index contributed by atoms with van der Waals surface area (Å²) in [5.41, 5.74) is 1.30. The molecule has 0 saturated carbocycles. The molecule has 0 spiro atoms. The highest BCUT2D eigenvalue weighted by molar-refractivity contribution is 5.94. The van der Waals surface area contributed by atoms with E-state index >= 15 is 0 Å². The normalized spacial score (nSPS) is 15.5. The fraction of sp³-hybridized carbons (Fsp3) is 0.412. The van der Waals surface area contributed by atoms with Crippen LogP contribution in [0.2, 0.25) is 0 Å². The average molecular weight is 332 g/mol. The lowest BCUT2D eigenvalue weighted by Crippen LogP contribution is -2.44. The summed E-state index contributed by atoms with van der Waals surface area (Å²) in [6, 6.07) is 4.42. The molecular weight excluding hydrogens is 311 g/mol. The second-order valence-electron chi connectivity index (χ2n) is 6.14. The molecule has 2 heterocycles. The van der Waals surface area contributed by atoms with Crippen molar-refractivity contribution in [1.82, 2.24) is 20.0 Å². The van der Waals surface area contributed by atoms with Gasteiger partial charge in [-0.25, -0.2) is 9.07 Å². The Hall–Kier alpha value is -2.41. The number of aromatic hydroxyl groups is 1. The number of nitrogens with zero attached hydrogens (tertiary/aromatic N) is 3. The van der Waals surface area contributed by atoms with E-state index in [9.17, 15) is 14.3 Å². The second-order valence-corrected chi connectivity index (χ2v) is 6.14. The predicted octanol–water partition coefficient (Wildman–Crippen LogP) is 1.85. The number of hydrogen-bond acceptors (Lipinski definition) is 4. The summed E-state index contributed by atoms with van der Waals surface area (Å²) < 4.78 is 14.7. The van der Waals surface area contributed by atoms with E-state index in [0.717, 1.165) is 25.9 Å². The number of piperidine rings is 1. The van der Waals surface area contributed by atoms with Gasteiger partial charge in [-0.2, -0.15) is 5.10 Å². The van der Waals surface area contributed by atoms with Crippen LogP contribution in [0.1, 0.15) is 28.9 Å². The predicted molar refractivity (Wildman–Crippen MR) is 87.9 cm³/mol. The molecule has 6 nitrogen and oxygen atoms in total. The van der Waals surface area contributed by atoms with Crippen molar-refractivity contribution in [3.63, 3.8) is 0 Å². The zero-order valence-electron chi connectivity index (χ0n) is 13.8. The number of benzene rings is 1. The van der Waals surface area contributed by atoms with E-state index in [0.29, 0.717) is 11.3 Å². The molecule has 0 radical (unpaired) electrons. The molecule has 7 heteroatoms. The second kappa shape index (κ2) is 6.60. The van der Waals surface area contributed by atoms with E-state index in [4.69, 9.17) is 0 Å². The number of hydrogen-bond donors (Lipinski definition) is 2. The van der Waals surface area contributed by atoms with Crippen LogP contribution in [0.3, 0.4) is 0 Å². The molecule has 0 bridgehead atoms. The van der Waals surface area contributed by atoms with Gasteiger partial charge < -0.3 is 15.3 Å². The lowest BCUT2D eigenvalue weighted by atomic mass is 10.1. The molecule has 0 unspecified atom stereocenters. The van der Waals surface area contributed by atoms with Crippen molar-refractivity contribution in [1.29, 1.82) is 0 Å². The highest BCUT2D eigenvalue weighted by atomic mass is 19.1. The van der Waals surface area contributed by atoms with E-state index < -0.39 is 0 Å². The van der Waals surface area contributed by atoms with Crippen molar-refractivity contribution in [2.24, 2.45) is 0 Å². The Morgan fingerprint density at radius 1 is 1.42 bits per heavy atom. The summed E-state index contributed by atoms with van der Waals surface area (Å²) >= 11 is 0. The van der Waals surface area contributed by atoms with Gasteiger partial charge in [0.25, 0.3) is 5.91 Å². The molecule has 1 fully saturated rings. The molecule has 1 amide bonds. The van der Waals surface area contributed by atoms with Crippen LogP contribution in [-0.4, -0.2) is 51.9 Å². The van der Waals surface area contributed by atoms with Crippen molar-refractivity contribution < 1.29 is 14.3 Å². The Balaban J connectivity index is 1.86. The standard InChI is InChI=1S/C17H21FN4O2/c1-11-9-12(18)3-4-14(11)22-10-15(23)16(20-22)17(24)21(2)13-5-7-19-8-6-13/h3-4,9-10,13,19,23H,5-8H2,1-2H3. The Bertz CT molecular complexity index is 753. The molecule has 128 valence electrons. The average Bonchev–Trinajstić information content (AvgIpc) is 2.95. The van der Waals surface area contributed by atoms with Gasteiger partial charge in [-0.05, 0) is 56.6 Å². The quantitative estimate of drug-likeness (QED) is 0.900. The van der Waals surface area contributed by atoms with Gasteiger partial charge in [0.2, 0.25) is 0 Å². The third-order valence-electron chi connectivity index (χ3n) is 4.48. The largest absolute Gasteiger partial charge is 0.504 e. The number of aryl methyl sites for hydroxylation is 1. The van der Waals surface area contributed by atoms with Crippen LogP contribution in [0, 0.1) is 12.7 Å². The maximum absolute atomic E-state index is 13.2. The van der Waals surface area contributed by atoms with E-state index in [1.54, 1.807) is 24.9 Å². The van der Waals surface area contributed by atoms with Crippen LogP contribution in [0.4, 0.5) is 4.39 Å². The molecule has 1 aliphatic heterocycles. The number of carbonyl (C=O) groups is 1. The van der Waals surface area contributed by atoms with Gasteiger partial charge in [0, 0.05) is 13.1 Å². The minimum absolute atomic E-state index is 0.0137. The summed E-state index contributed by atoms with van der Waals surface area (Å²) in [5.74, 6) is -0.822. The maximum atomic E-state index is 13.2. The lowest BCUT2D eigenvalue weighted by Gasteiger charge is -2.31. The maximum Gasteiger partial charge on any atom is 0.278 e. The topological polar surface area (TPSA) is 70.4 Å². The third kappa shape index (κ3) is 3.12. The van der Waals surface area contributed by atoms with Crippen LogP contribution in [0.25, 0.3) is 5.69 Å². The van der Waals surface area contributed by atoms with Crippen LogP contribution in [0.15, 0.2) is 24.4 Å². The number of amides is 1. The molecule has 0 aliphatic carbocycles. The molecule has 3 rings (SSSR count). The molecular formula is C17H21FN4O2. The van der Waals surface area contributed by atoms with Gasteiger partial charge in [0.15, 0.2) is 11.4 Å².